The fraction of sp³-hybridized carbons (Fsp3) is 0.0667. The van der Waals surface area contributed by atoms with E-state index in [1.165, 1.54) is 44.5 Å². The summed E-state index contributed by atoms with van der Waals surface area (Å²) in [5, 5.41) is 1.67. The van der Waals surface area contributed by atoms with Crippen LogP contribution in [0.2, 0.25) is 0 Å². The van der Waals surface area contributed by atoms with Gasteiger partial charge in [0.2, 0.25) is 0 Å². The van der Waals surface area contributed by atoms with Crippen molar-refractivity contribution in [1.82, 2.24) is 0 Å². The summed E-state index contributed by atoms with van der Waals surface area (Å²) in [4.78, 5) is 0. The number of fused-ring (bicyclic) bond motifs is 12. The van der Waals surface area contributed by atoms with E-state index in [0.717, 1.165) is 10.9 Å². The van der Waals surface area contributed by atoms with Gasteiger partial charge in [0, 0.05) is 5.39 Å². The Labute approximate surface area is 180 Å². The molecule has 0 unspecified atom stereocenters. The van der Waals surface area contributed by atoms with Crippen LogP contribution < -0.4 is 0 Å². The maximum atomic E-state index is 15.5. The first kappa shape index (κ1) is 17.0. The topological polar surface area (TPSA) is 0 Å². The number of benzene rings is 5. The van der Waals surface area contributed by atoms with Crippen LogP contribution in [-0.2, 0) is 5.41 Å². The largest absolute Gasteiger partial charge is 0.206 e. The fourth-order valence-corrected chi connectivity index (χ4v) is 6.06. The molecule has 0 saturated heterocycles. The molecule has 0 amide bonds. The Hall–Kier alpha value is -3.71. The van der Waals surface area contributed by atoms with Crippen molar-refractivity contribution in [2.24, 2.45) is 0 Å². The fourth-order valence-electron chi connectivity index (χ4n) is 6.06. The van der Waals surface area contributed by atoms with Gasteiger partial charge in [-0.2, -0.15) is 0 Å². The highest BCUT2D eigenvalue weighted by atomic mass is 19.1. The Balaban J connectivity index is 1.77. The first-order valence-corrected chi connectivity index (χ1v) is 10.7. The molecule has 0 bridgehead atoms. The van der Waals surface area contributed by atoms with Gasteiger partial charge in [0.1, 0.15) is 5.82 Å². The predicted octanol–water partition coefficient (Wildman–Crippen LogP) is 7.63. The second kappa shape index (κ2) is 5.70. The maximum Gasteiger partial charge on any atom is 0.131 e. The zero-order chi connectivity index (χ0) is 20.7. The van der Waals surface area contributed by atoms with Crippen LogP contribution in [0, 0.1) is 12.7 Å². The van der Waals surface area contributed by atoms with Crippen molar-refractivity contribution < 1.29 is 4.39 Å². The first-order chi connectivity index (χ1) is 15.2. The molecule has 0 fully saturated rings. The minimum Gasteiger partial charge on any atom is -0.206 e. The molecule has 0 aromatic heterocycles. The van der Waals surface area contributed by atoms with Crippen molar-refractivity contribution in [3.63, 3.8) is 0 Å². The van der Waals surface area contributed by atoms with Gasteiger partial charge in [-0.15, -0.1) is 0 Å². The maximum absolute atomic E-state index is 15.5. The third kappa shape index (κ3) is 1.90. The molecule has 0 aliphatic heterocycles. The molecule has 0 nitrogen and oxygen atoms in total. The average Bonchev–Trinajstić information content (AvgIpc) is 3.26. The smallest absolute Gasteiger partial charge is 0.131 e. The van der Waals surface area contributed by atoms with Gasteiger partial charge in [0.05, 0.1) is 5.41 Å². The second-order valence-corrected chi connectivity index (χ2v) is 8.72. The molecule has 0 saturated carbocycles. The summed E-state index contributed by atoms with van der Waals surface area (Å²) in [6, 6.07) is 33.7. The Bertz CT molecular complexity index is 1510. The van der Waals surface area contributed by atoms with E-state index >= 15 is 4.39 Å². The van der Waals surface area contributed by atoms with Crippen LogP contribution >= 0.6 is 0 Å². The van der Waals surface area contributed by atoms with Crippen LogP contribution in [0.1, 0.15) is 27.8 Å². The number of rotatable bonds is 0. The molecule has 5 aromatic rings. The molecule has 1 heteroatoms. The van der Waals surface area contributed by atoms with Gasteiger partial charge in [-0.3, -0.25) is 0 Å². The van der Waals surface area contributed by atoms with Gasteiger partial charge >= 0.3 is 0 Å². The van der Waals surface area contributed by atoms with Gasteiger partial charge in [-0.25, -0.2) is 4.39 Å². The van der Waals surface area contributed by atoms with E-state index in [0.29, 0.717) is 5.39 Å². The average molecular weight is 398 g/mol. The monoisotopic (exact) mass is 398 g/mol. The summed E-state index contributed by atoms with van der Waals surface area (Å²) in [5.41, 5.74) is 10.4. The van der Waals surface area contributed by atoms with Gasteiger partial charge in [-0.05, 0) is 62.9 Å². The number of hydrogen-bond donors (Lipinski definition) is 0. The van der Waals surface area contributed by atoms with E-state index in [4.69, 9.17) is 0 Å². The summed E-state index contributed by atoms with van der Waals surface area (Å²) < 4.78 is 15.5. The lowest BCUT2D eigenvalue weighted by molar-refractivity contribution is 0.634. The quantitative estimate of drug-likeness (QED) is 0.246. The molecule has 0 atom stereocenters. The third-order valence-corrected chi connectivity index (χ3v) is 7.20. The Morgan fingerprint density at radius 1 is 0.548 bits per heavy atom. The summed E-state index contributed by atoms with van der Waals surface area (Å²) in [5.74, 6) is -0.153. The summed E-state index contributed by atoms with van der Waals surface area (Å²) in [7, 11) is 0. The molecule has 2 aliphatic rings. The number of halogens is 1. The van der Waals surface area contributed by atoms with Crippen molar-refractivity contribution in [3.8, 4) is 22.3 Å². The summed E-state index contributed by atoms with van der Waals surface area (Å²) >= 11 is 0. The predicted molar refractivity (Wildman–Crippen MR) is 125 cm³/mol. The molecule has 0 N–H and O–H groups in total. The lowest BCUT2D eigenvalue weighted by Crippen LogP contribution is -2.26. The summed E-state index contributed by atoms with van der Waals surface area (Å²) in [6.07, 6.45) is 0. The normalized spacial score (nSPS) is 14.4. The highest BCUT2D eigenvalue weighted by Crippen LogP contribution is 2.63. The zero-order valence-electron chi connectivity index (χ0n) is 17.1. The molecule has 5 aromatic carbocycles. The number of aryl methyl sites for hydroxylation is 1. The van der Waals surface area contributed by atoms with Crippen LogP contribution in [0.25, 0.3) is 33.0 Å². The van der Waals surface area contributed by atoms with Crippen LogP contribution in [0.5, 0.6) is 0 Å². The van der Waals surface area contributed by atoms with E-state index in [-0.39, 0.29) is 5.82 Å². The lowest BCUT2D eigenvalue weighted by atomic mass is 9.70. The highest BCUT2D eigenvalue weighted by molar-refractivity contribution is 6.06. The standard InChI is InChI=1S/C30H19F/c1-18-14-15-23-26(16-18)30(27-17-28(31)21-10-2-3-11-22(21)29(23)27)24-12-6-4-8-19(24)20-9-5-7-13-25(20)30/h2-17H,1H3. The molecule has 31 heavy (non-hydrogen) atoms. The van der Waals surface area contributed by atoms with E-state index in [2.05, 4.69) is 79.7 Å². The van der Waals surface area contributed by atoms with Crippen molar-refractivity contribution in [3.05, 3.63) is 131 Å². The van der Waals surface area contributed by atoms with Crippen LogP contribution in [0.4, 0.5) is 4.39 Å². The lowest BCUT2D eigenvalue weighted by Gasteiger charge is -2.30. The van der Waals surface area contributed by atoms with Gasteiger partial charge in [-0.1, -0.05) is 96.6 Å². The van der Waals surface area contributed by atoms with Crippen LogP contribution in [0.3, 0.4) is 0 Å². The summed E-state index contributed by atoms with van der Waals surface area (Å²) in [6.45, 7) is 2.14. The van der Waals surface area contributed by atoms with E-state index < -0.39 is 5.41 Å². The molecule has 146 valence electrons. The van der Waals surface area contributed by atoms with E-state index in [9.17, 15) is 0 Å². The van der Waals surface area contributed by atoms with E-state index in [1.807, 2.05) is 18.2 Å². The van der Waals surface area contributed by atoms with Crippen molar-refractivity contribution in [2.45, 2.75) is 12.3 Å². The van der Waals surface area contributed by atoms with Crippen molar-refractivity contribution in [2.75, 3.05) is 0 Å². The molecule has 0 radical (unpaired) electrons. The molecule has 1 spiro atoms. The van der Waals surface area contributed by atoms with Crippen LogP contribution in [-0.4, -0.2) is 0 Å². The highest BCUT2D eigenvalue weighted by Gasteiger charge is 2.52. The van der Waals surface area contributed by atoms with Crippen molar-refractivity contribution in [1.29, 1.82) is 0 Å². The van der Waals surface area contributed by atoms with E-state index in [1.54, 1.807) is 6.07 Å². The molecular formula is C30H19F. The Morgan fingerprint density at radius 2 is 1.16 bits per heavy atom. The third-order valence-electron chi connectivity index (χ3n) is 7.20. The SMILES string of the molecule is Cc1ccc2c(c1)C1(c3ccccc3-c3ccccc31)c1cc(F)c3ccccc3c1-2. The van der Waals surface area contributed by atoms with Gasteiger partial charge in [0.25, 0.3) is 0 Å². The van der Waals surface area contributed by atoms with Crippen LogP contribution in [0.15, 0.2) is 97.1 Å². The van der Waals surface area contributed by atoms with Crippen molar-refractivity contribution >= 4 is 10.8 Å². The van der Waals surface area contributed by atoms with Gasteiger partial charge < -0.3 is 0 Å². The number of hydrogen-bond acceptors (Lipinski definition) is 0. The second-order valence-electron chi connectivity index (χ2n) is 8.72. The minimum absolute atomic E-state index is 0.153. The Kier molecular flexibility index (Phi) is 3.13. The minimum atomic E-state index is -0.491. The van der Waals surface area contributed by atoms with Gasteiger partial charge in [0.15, 0.2) is 0 Å². The molecule has 7 rings (SSSR count). The zero-order valence-corrected chi connectivity index (χ0v) is 17.1. The molecular weight excluding hydrogens is 379 g/mol. The molecule has 2 aliphatic carbocycles. The first-order valence-electron chi connectivity index (χ1n) is 10.7. The Morgan fingerprint density at radius 3 is 1.87 bits per heavy atom. The molecule has 0 heterocycles.